The van der Waals surface area contributed by atoms with Gasteiger partial charge in [-0.05, 0) is 66.1 Å². The molecule has 1 fully saturated rings. The molecular formula is C26H27FN4O3S. The van der Waals surface area contributed by atoms with Gasteiger partial charge in [0.2, 0.25) is 0 Å². The summed E-state index contributed by atoms with van der Waals surface area (Å²) >= 11 is 1.21. The molecule has 3 aromatic rings. The number of hydrogen-bond donors (Lipinski definition) is 3. The summed E-state index contributed by atoms with van der Waals surface area (Å²) in [5.74, 6) is -1.16. The average Bonchev–Trinajstić information content (AvgIpc) is 3.21. The first-order chi connectivity index (χ1) is 16.9. The van der Waals surface area contributed by atoms with Crippen molar-refractivity contribution in [2.24, 2.45) is 5.10 Å². The Labute approximate surface area is 207 Å². The molecule has 1 aromatic heterocycles. The fraction of sp³-hybridized carbons (Fsp3) is 0.269. The molecule has 2 amide bonds. The lowest BCUT2D eigenvalue weighted by molar-refractivity contribution is 0.0792. The Bertz CT molecular complexity index is 1230. The van der Waals surface area contributed by atoms with Crippen LogP contribution in [0.5, 0.6) is 0 Å². The SMILES string of the molecule is Cc1csc(C(=O)NN=Cc2cccc(F)c2)c1NC(=O)c1cccc(CN2CCC(O)CC2)c1. The number of piperidine rings is 1. The van der Waals surface area contributed by atoms with Gasteiger partial charge in [0.05, 0.1) is 18.0 Å². The number of aliphatic hydroxyl groups excluding tert-OH is 1. The molecule has 2 aromatic carbocycles. The molecule has 0 atom stereocenters. The largest absolute Gasteiger partial charge is 0.393 e. The maximum absolute atomic E-state index is 13.3. The van der Waals surface area contributed by atoms with Gasteiger partial charge in [0, 0.05) is 25.2 Å². The van der Waals surface area contributed by atoms with Crippen LogP contribution in [0, 0.1) is 12.7 Å². The Balaban J connectivity index is 1.41. The minimum atomic E-state index is -0.466. The van der Waals surface area contributed by atoms with Gasteiger partial charge in [-0.1, -0.05) is 24.3 Å². The third kappa shape index (κ3) is 6.60. The Kier molecular flexibility index (Phi) is 8.02. The van der Waals surface area contributed by atoms with E-state index in [-0.39, 0.29) is 12.0 Å². The predicted molar refractivity (Wildman–Crippen MR) is 135 cm³/mol. The Morgan fingerprint density at radius 3 is 2.71 bits per heavy atom. The molecule has 182 valence electrons. The zero-order chi connectivity index (χ0) is 24.8. The summed E-state index contributed by atoms with van der Waals surface area (Å²) < 4.78 is 13.3. The van der Waals surface area contributed by atoms with Crippen LogP contribution in [0.15, 0.2) is 59.0 Å². The molecule has 1 saturated heterocycles. The summed E-state index contributed by atoms with van der Waals surface area (Å²) in [4.78, 5) is 28.3. The maximum Gasteiger partial charge on any atom is 0.283 e. The highest BCUT2D eigenvalue weighted by molar-refractivity contribution is 7.13. The fourth-order valence-corrected chi connectivity index (χ4v) is 4.80. The third-order valence-corrected chi connectivity index (χ3v) is 6.90. The van der Waals surface area contributed by atoms with Crippen molar-refractivity contribution in [2.75, 3.05) is 18.4 Å². The second kappa shape index (κ2) is 11.4. The second-order valence-corrected chi connectivity index (χ2v) is 9.42. The van der Waals surface area contributed by atoms with E-state index < -0.39 is 11.7 Å². The van der Waals surface area contributed by atoms with Crippen LogP contribution < -0.4 is 10.7 Å². The highest BCUT2D eigenvalue weighted by Crippen LogP contribution is 2.28. The molecule has 1 aliphatic rings. The standard InChI is InChI=1S/C26H27FN4O3S/c1-17-16-35-24(26(34)30-28-14-18-4-3-7-21(27)13-18)23(17)29-25(33)20-6-2-5-19(12-20)15-31-10-8-22(32)9-11-31/h2-7,12-14,16,22,32H,8-11,15H2,1H3,(H,29,33)(H,30,34). The van der Waals surface area contributed by atoms with Crippen LogP contribution in [0.2, 0.25) is 0 Å². The van der Waals surface area contributed by atoms with Crippen molar-refractivity contribution in [1.29, 1.82) is 0 Å². The molecule has 0 aliphatic carbocycles. The monoisotopic (exact) mass is 494 g/mol. The predicted octanol–water partition coefficient (Wildman–Crippen LogP) is 4.17. The summed E-state index contributed by atoms with van der Waals surface area (Å²) in [5, 5.41) is 18.3. The van der Waals surface area contributed by atoms with Crippen LogP contribution in [0.3, 0.4) is 0 Å². The van der Waals surface area contributed by atoms with E-state index >= 15 is 0 Å². The number of amides is 2. The molecule has 2 heterocycles. The molecule has 0 radical (unpaired) electrons. The van der Waals surface area contributed by atoms with Gasteiger partial charge in [-0.3, -0.25) is 14.5 Å². The number of aryl methyl sites for hydroxylation is 1. The smallest absolute Gasteiger partial charge is 0.283 e. The molecule has 35 heavy (non-hydrogen) atoms. The molecule has 4 rings (SSSR count). The number of carbonyl (C=O) groups excluding carboxylic acids is 2. The quantitative estimate of drug-likeness (QED) is 0.340. The molecule has 9 heteroatoms. The van der Waals surface area contributed by atoms with Crippen LogP contribution in [0.1, 0.15) is 49.6 Å². The highest BCUT2D eigenvalue weighted by atomic mass is 32.1. The topological polar surface area (TPSA) is 94.0 Å². The van der Waals surface area contributed by atoms with Gasteiger partial charge in [0.25, 0.3) is 11.8 Å². The first-order valence-corrected chi connectivity index (χ1v) is 12.2. The average molecular weight is 495 g/mol. The van der Waals surface area contributed by atoms with Crippen LogP contribution in [-0.2, 0) is 6.54 Å². The normalized spacial score (nSPS) is 14.8. The number of benzene rings is 2. The zero-order valence-electron chi connectivity index (χ0n) is 19.3. The molecule has 3 N–H and O–H groups in total. The third-order valence-electron chi connectivity index (χ3n) is 5.80. The van der Waals surface area contributed by atoms with Crippen LogP contribution in [-0.4, -0.2) is 47.2 Å². The summed E-state index contributed by atoms with van der Waals surface area (Å²) in [5.41, 5.74) is 5.67. The Hall–Kier alpha value is -3.40. The number of hydrogen-bond acceptors (Lipinski definition) is 6. The number of halogens is 1. The van der Waals surface area contributed by atoms with Gasteiger partial charge in [0.15, 0.2) is 0 Å². The van der Waals surface area contributed by atoms with Crippen molar-refractivity contribution >= 4 is 35.1 Å². The number of rotatable bonds is 7. The van der Waals surface area contributed by atoms with Crippen LogP contribution in [0.4, 0.5) is 10.1 Å². The zero-order valence-corrected chi connectivity index (χ0v) is 20.1. The minimum Gasteiger partial charge on any atom is -0.393 e. The lowest BCUT2D eigenvalue weighted by Crippen LogP contribution is -2.35. The van der Waals surface area contributed by atoms with E-state index in [1.165, 1.54) is 29.7 Å². The Morgan fingerprint density at radius 2 is 1.94 bits per heavy atom. The number of aliphatic hydroxyl groups is 1. The number of hydrazone groups is 1. The van der Waals surface area contributed by atoms with Gasteiger partial charge in [0.1, 0.15) is 10.7 Å². The number of anilines is 1. The Morgan fingerprint density at radius 1 is 1.17 bits per heavy atom. The summed E-state index contributed by atoms with van der Waals surface area (Å²) in [6.07, 6.45) is 2.65. The summed E-state index contributed by atoms with van der Waals surface area (Å²) in [7, 11) is 0. The van der Waals surface area contributed by atoms with Crippen molar-refractivity contribution in [1.82, 2.24) is 10.3 Å². The molecule has 0 bridgehead atoms. The molecule has 1 aliphatic heterocycles. The van der Waals surface area contributed by atoms with Gasteiger partial charge in [-0.2, -0.15) is 5.10 Å². The maximum atomic E-state index is 13.3. The van der Waals surface area contributed by atoms with E-state index in [1.54, 1.807) is 23.6 Å². The first-order valence-electron chi connectivity index (χ1n) is 11.4. The number of thiophene rings is 1. The van der Waals surface area contributed by atoms with Crippen LogP contribution >= 0.6 is 11.3 Å². The number of carbonyl (C=O) groups is 2. The number of nitrogens with one attached hydrogen (secondary N) is 2. The molecule has 0 spiro atoms. The van der Waals surface area contributed by atoms with E-state index in [0.717, 1.165) is 37.1 Å². The molecular weight excluding hydrogens is 467 g/mol. The summed E-state index contributed by atoms with van der Waals surface area (Å²) in [6.45, 7) is 4.18. The molecule has 7 nitrogen and oxygen atoms in total. The molecule has 0 saturated carbocycles. The van der Waals surface area contributed by atoms with Crippen molar-refractivity contribution in [2.45, 2.75) is 32.4 Å². The lowest BCUT2D eigenvalue weighted by Gasteiger charge is -2.29. The van der Waals surface area contributed by atoms with Crippen molar-refractivity contribution in [3.63, 3.8) is 0 Å². The van der Waals surface area contributed by atoms with E-state index in [4.69, 9.17) is 0 Å². The van der Waals surface area contributed by atoms with Gasteiger partial charge in [-0.15, -0.1) is 11.3 Å². The summed E-state index contributed by atoms with van der Waals surface area (Å²) in [6, 6.07) is 13.3. The van der Waals surface area contributed by atoms with Gasteiger partial charge < -0.3 is 10.4 Å². The minimum absolute atomic E-state index is 0.226. The number of likely N-dealkylation sites (tertiary alicyclic amines) is 1. The lowest BCUT2D eigenvalue weighted by atomic mass is 10.1. The number of nitrogens with zero attached hydrogens (tertiary/aromatic N) is 2. The van der Waals surface area contributed by atoms with Crippen LogP contribution in [0.25, 0.3) is 0 Å². The van der Waals surface area contributed by atoms with E-state index in [0.29, 0.717) is 28.2 Å². The van der Waals surface area contributed by atoms with Gasteiger partial charge in [-0.25, -0.2) is 9.82 Å². The van der Waals surface area contributed by atoms with Crippen molar-refractivity contribution < 1.29 is 19.1 Å². The van der Waals surface area contributed by atoms with Crippen molar-refractivity contribution in [3.8, 4) is 0 Å². The highest BCUT2D eigenvalue weighted by Gasteiger charge is 2.20. The first kappa shape index (κ1) is 24.7. The second-order valence-electron chi connectivity index (χ2n) is 8.54. The van der Waals surface area contributed by atoms with E-state index in [1.807, 2.05) is 25.1 Å². The fourth-order valence-electron chi connectivity index (χ4n) is 3.90. The van der Waals surface area contributed by atoms with Crippen molar-refractivity contribution in [3.05, 3.63) is 86.9 Å². The van der Waals surface area contributed by atoms with Gasteiger partial charge >= 0.3 is 0 Å². The van der Waals surface area contributed by atoms with E-state index in [9.17, 15) is 19.1 Å². The van der Waals surface area contributed by atoms with E-state index in [2.05, 4.69) is 20.7 Å². The molecule has 0 unspecified atom stereocenters.